The van der Waals surface area contributed by atoms with E-state index in [0.29, 0.717) is 11.1 Å². The molecule has 27 heavy (non-hydrogen) atoms. The van der Waals surface area contributed by atoms with Crippen molar-refractivity contribution in [3.8, 4) is 11.8 Å². The second-order valence-electron chi connectivity index (χ2n) is 6.09. The zero-order valence-electron chi connectivity index (χ0n) is 15.6. The predicted octanol–water partition coefficient (Wildman–Crippen LogP) is 5.78. The fourth-order valence-electron chi connectivity index (χ4n) is 1.97. The van der Waals surface area contributed by atoms with Crippen LogP contribution in [0, 0.1) is 18.8 Å². The van der Waals surface area contributed by atoms with Crippen LogP contribution in [0.25, 0.3) is 0 Å². The van der Waals surface area contributed by atoms with Gasteiger partial charge in [0.15, 0.2) is 0 Å². The summed E-state index contributed by atoms with van der Waals surface area (Å²) in [6, 6.07) is 13.3. The van der Waals surface area contributed by atoms with E-state index in [0.717, 1.165) is 38.2 Å². The standard InChI is InChI=1S/C23H20O2S2/c1-15(2)22(24)26-20-11-8-18(9-12-20)6-7-19-10-13-21(17(5)14-19)27-23(25)16(3)4/h8-14H,1,3H2,2,4-5H3. The lowest BCUT2D eigenvalue weighted by Gasteiger charge is -2.04. The van der Waals surface area contributed by atoms with Crippen molar-refractivity contribution in [2.45, 2.75) is 30.6 Å². The molecule has 0 fully saturated rings. The third kappa shape index (κ3) is 6.32. The van der Waals surface area contributed by atoms with E-state index < -0.39 is 0 Å². The molecule has 2 aromatic carbocycles. The van der Waals surface area contributed by atoms with Crippen LogP contribution >= 0.6 is 23.5 Å². The number of carbonyl (C=O) groups excluding carboxylic acids is 2. The van der Waals surface area contributed by atoms with Gasteiger partial charge in [-0.25, -0.2) is 0 Å². The molecule has 2 rings (SSSR count). The quantitative estimate of drug-likeness (QED) is 0.375. The Morgan fingerprint density at radius 2 is 1.33 bits per heavy atom. The van der Waals surface area contributed by atoms with Crippen molar-refractivity contribution in [1.29, 1.82) is 0 Å². The van der Waals surface area contributed by atoms with Gasteiger partial charge >= 0.3 is 0 Å². The predicted molar refractivity (Wildman–Crippen MR) is 115 cm³/mol. The van der Waals surface area contributed by atoms with Gasteiger partial charge in [0.05, 0.1) is 0 Å². The van der Waals surface area contributed by atoms with Crippen molar-refractivity contribution < 1.29 is 9.59 Å². The van der Waals surface area contributed by atoms with E-state index in [4.69, 9.17) is 0 Å². The van der Waals surface area contributed by atoms with Crippen LogP contribution in [0.2, 0.25) is 0 Å². The molecule has 0 amide bonds. The number of carbonyl (C=O) groups is 2. The molecule has 0 bridgehead atoms. The third-order valence-corrected chi connectivity index (χ3v) is 5.74. The van der Waals surface area contributed by atoms with Crippen molar-refractivity contribution in [3.63, 3.8) is 0 Å². The fraction of sp³-hybridized carbons (Fsp3) is 0.130. The summed E-state index contributed by atoms with van der Waals surface area (Å²) in [6.07, 6.45) is 0. The van der Waals surface area contributed by atoms with E-state index in [1.165, 1.54) is 11.8 Å². The summed E-state index contributed by atoms with van der Waals surface area (Å²) in [5, 5.41) is -0.0626. The molecule has 0 saturated heterocycles. The van der Waals surface area contributed by atoms with Crippen LogP contribution in [0.1, 0.15) is 30.5 Å². The summed E-state index contributed by atoms with van der Waals surface area (Å²) in [4.78, 5) is 25.3. The average molecular weight is 393 g/mol. The first-order chi connectivity index (χ1) is 12.8. The Morgan fingerprint density at radius 3 is 1.89 bits per heavy atom. The van der Waals surface area contributed by atoms with Gasteiger partial charge in [-0.3, -0.25) is 9.59 Å². The highest BCUT2D eigenvalue weighted by atomic mass is 32.2. The van der Waals surface area contributed by atoms with E-state index in [1.54, 1.807) is 13.8 Å². The molecule has 2 nitrogen and oxygen atoms in total. The van der Waals surface area contributed by atoms with Crippen molar-refractivity contribution in [2.24, 2.45) is 0 Å². The average Bonchev–Trinajstić information content (AvgIpc) is 2.62. The molecule has 0 spiro atoms. The topological polar surface area (TPSA) is 34.1 Å². The summed E-state index contributed by atoms with van der Waals surface area (Å²) < 4.78 is 0. The van der Waals surface area contributed by atoms with Gasteiger partial charge in [-0.05, 0) is 103 Å². The monoisotopic (exact) mass is 392 g/mol. The van der Waals surface area contributed by atoms with Crippen molar-refractivity contribution in [1.82, 2.24) is 0 Å². The summed E-state index contributed by atoms with van der Waals surface area (Å²) >= 11 is 2.35. The molecule has 0 unspecified atom stereocenters. The molecule has 0 saturated carbocycles. The molecule has 0 N–H and O–H groups in total. The van der Waals surface area contributed by atoms with Gasteiger partial charge in [0, 0.05) is 20.9 Å². The molecule has 2 aromatic rings. The first-order valence-electron chi connectivity index (χ1n) is 8.24. The molecule has 4 heteroatoms. The number of hydrogen-bond acceptors (Lipinski definition) is 4. The van der Waals surface area contributed by atoms with Crippen molar-refractivity contribution in [2.75, 3.05) is 0 Å². The lowest BCUT2D eigenvalue weighted by Crippen LogP contribution is -1.93. The molecule has 0 aliphatic rings. The second-order valence-corrected chi connectivity index (χ2v) is 8.16. The largest absolute Gasteiger partial charge is 0.282 e. The van der Waals surface area contributed by atoms with E-state index in [2.05, 4.69) is 25.0 Å². The van der Waals surface area contributed by atoms with Gasteiger partial charge in [0.2, 0.25) is 10.2 Å². The number of rotatable bonds is 4. The lowest BCUT2D eigenvalue weighted by molar-refractivity contribution is -0.108. The maximum absolute atomic E-state index is 11.8. The first-order valence-corrected chi connectivity index (χ1v) is 9.87. The Hall–Kier alpha value is -2.48. The van der Waals surface area contributed by atoms with Gasteiger partial charge < -0.3 is 0 Å². The van der Waals surface area contributed by atoms with Crippen LogP contribution in [0.5, 0.6) is 0 Å². The van der Waals surface area contributed by atoms with Gasteiger partial charge in [-0.2, -0.15) is 0 Å². The third-order valence-electron chi connectivity index (χ3n) is 3.49. The summed E-state index contributed by atoms with van der Waals surface area (Å²) in [6.45, 7) is 12.7. The van der Waals surface area contributed by atoms with Crippen LogP contribution in [0.3, 0.4) is 0 Å². The summed E-state index contributed by atoms with van der Waals surface area (Å²) in [5.41, 5.74) is 3.83. The minimum Gasteiger partial charge on any atom is -0.282 e. The molecule has 0 radical (unpaired) electrons. The zero-order valence-corrected chi connectivity index (χ0v) is 17.2. The van der Waals surface area contributed by atoms with Crippen LogP contribution in [0.15, 0.2) is 76.6 Å². The van der Waals surface area contributed by atoms with E-state index in [9.17, 15) is 9.59 Å². The molecular weight excluding hydrogens is 372 g/mol. The molecule has 0 aliphatic carbocycles. The highest BCUT2D eigenvalue weighted by Gasteiger charge is 2.08. The highest BCUT2D eigenvalue weighted by molar-refractivity contribution is 8.14. The normalized spacial score (nSPS) is 9.89. The molecule has 0 aliphatic heterocycles. The molecular formula is C23H20O2S2. The highest BCUT2D eigenvalue weighted by Crippen LogP contribution is 2.26. The van der Waals surface area contributed by atoms with E-state index in [-0.39, 0.29) is 10.2 Å². The molecule has 136 valence electrons. The van der Waals surface area contributed by atoms with Crippen LogP contribution in [-0.2, 0) is 9.59 Å². The minimum absolute atomic E-state index is 0.0278. The fourth-order valence-corrected chi connectivity index (χ4v) is 3.36. The summed E-state index contributed by atoms with van der Waals surface area (Å²) in [5.74, 6) is 6.25. The SMILES string of the molecule is C=C(C)C(=O)Sc1ccc(C#Cc2ccc(SC(=O)C(=C)C)c(C)c2)cc1. The molecule has 0 heterocycles. The van der Waals surface area contributed by atoms with Gasteiger partial charge in [0.1, 0.15) is 0 Å². The zero-order chi connectivity index (χ0) is 20.0. The Morgan fingerprint density at radius 1 is 0.815 bits per heavy atom. The second kappa shape index (κ2) is 9.45. The molecule has 0 aromatic heterocycles. The Labute approximate surface area is 169 Å². The van der Waals surface area contributed by atoms with Crippen LogP contribution in [0.4, 0.5) is 0 Å². The van der Waals surface area contributed by atoms with Crippen molar-refractivity contribution in [3.05, 3.63) is 83.5 Å². The maximum Gasteiger partial charge on any atom is 0.219 e. The van der Waals surface area contributed by atoms with Gasteiger partial charge in [0.25, 0.3) is 0 Å². The maximum atomic E-state index is 11.8. The number of hydrogen-bond donors (Lipinski definition) is 0. The Bertz CT molecular complexity index is 974. The van der Waals surface area contributed by atoms with Gasteiger partial charge in [-0.15, -0.1) is 0 Å². The van der Waals surface area contributed by atoms with E-state index in [1.807, 2.05) is 49.4 Å². The summed E-state index contributed by atoms with van der Waals surface area (Å²) in [7, 11) is 0. The smallest absolute Gasteiger partial charge is 0.219 e. The Balaban J connectivity index is 2.10. The number of thioether (sulfide) groups is 2. The van der Waals surface area contributed by atoms with Gasteiger partial charge in [-0.1, -0.05) is 25.0 Å². The minimum atomic E-state index is -0.0348. The Kier molecular flexibility index (Phi) is 7.29. The van der Waals surface area contributed by atoms with Crippen LogP contribution in [-0.4, -0.2) is 10.2 Å². The van der Waals surface area contributed by atoms with E-state index >= 15 is 0 Å². The van der Waals surface area contributed by atoms with Crippen LogP contribution < -0.4 is 0 Å². The number of aryl methyl sites for hydroxylation is 1. The first kappa shape index (κ1) is 20.8. The number of benzene rings is 2. The van der Waals surface area contributed by atoms with Crippen molar-refractivity contribution >= 4 is 33.8 Å². The molecule has 0 atom stereocenters. The lowest BCUT2D eigenvalue weighted by atomic mass is 10.1.